The molecule has 0 bridgehead atoms. The number of aromatic hydroxyl groups is 1. The van der Waals surface area contributed by atoms with Gasteiger partial charge in [0.2, 0.25) is 7.28 Å². The summed E-state index contributed by atoms with van der Waals surface area (Å²) in [6.07, 6.45) is 0. The molecule has 1 radical (unpaired) electrons. The van der Waals surface area contributed by atoms with Crippen LogP contribution in [0.5, 0.6) is 17.2 Å². The van der Waals surface area contributed by atoms with Crippen LogP contribution in [-0.2, 0) is 0 Å². The number of benzene rings is 10. The van der Waals surface area contributed by atoms with Gasteiger partial charge < -0.3 is 14.4 Å². The number of nitrogens with zero attached hydrogens (tertiary/aromatic N) is 1. The van der Waals surface area contributed by atoms with Gasteiger partial charge >= 0.3 is 0 Å². The summed E-state index contributed by atoms with van der Waals surface area (Å²) in [5.74, 6) is 1.76. The molecule has 305 valence electrons. The van der Waals surface area contributed by atoms with Crippen LogP contribution in [0.25, 0.3) is 60.9 Å². The van der Waals surface area contributed by atoms with E-state index in [4.69, 9.17) is 4.74 Å². The number of hydrogen-bond donors (Lipinski definition) is 1. The molecule has 11 aromatic rings. The smallest absolute Gasteiger partial charge is 0.202 e. The van der Waals surface area contributed by atoms with Crippen LogP contribution in [0, 0.1) is 0 Å². The molecule has 1 aromatic heterocycles. The summed E-state index contributed by atoms with van der Waals surface area (Å²) in [5.41, 5.74) is 11.3. The first-order valence-corrected chi connectivity index (χ1v) is 24.1. The lowest BCUT2D eigenvalue weighted by atomic mass is 9.59. The van der Waals surface area contributed by atoms with Crippen molar-refractivity contribution in [3.8, 4) is 56.3 Å². The van der Waals surface area contributed by atoms with Crippen LogP contribution in [0.3, 0.4) is 0 Å². The van der Waals surface area contributed by atoms with Gasteiger partial charge in [0.15, 0.2) is 8.07 Å². The monoisotopic (exact) mass is 846 g/mol. The van der Waals surface area contributed by atoms with Crippen molar-refractivity contribution in [2.45, 2.75) is 0 Å². The maximum absolute atomic E-state index is 11.4. The van der Waals surface area contributed by atoms with E-state index in [1.165, 1.54) is 31.5 Å². The summed E-state index contributed by atoms with van der Waals surface area (Å²) in [6.45, 7) is 0. The largest absolute Gasteiger partial charge is 0.507 e. The molecule has 0 fully saturated rings. The van der Waals surface area contributed by atoms with Crippen LogP contribution in [0.15, 0.2) is 243 Å². The third-order valence-electron chi connectivity index (χ3n) is 13.1. The van der Waals surface area contributed by atoms with Crippen LogP contribution >= 0.6 is 0 Å². The second kappa shape index (κ2) is 15.9. The van der Waals surface area contributed by atoms with Crippen LogP contribution < -0.4 is 36.4 Å². The van der Waals surface area contributed by atoms with E-state index < -0.39 is 8.07 Å². The molecule has 1 aliphatic rings. The topological polar surface area (TPSA) is 34.4 Å². The lowest BCUT2D eigenvalue weighted by Gasteiger charge is -2.34. The predicted octanol–water partition coefficient (Wildman–Crippen LogP) is 10.6. The van der Waals surface area contributed by atoms with Gasteiger partial charge in [-0.25, -0.2) is 0 Å². The van der Waals surface area contributed by atoms with Crippen molar-refractivity contribution in [2.75, 3.05) is 0 Å². The minimum absolute atomic E-state index is 0.221. The Hall–Kier alpha value is -8.12. The van der Waals surface area contributed by atoms with Crippen molar-refractivity contribution in [1.82, 2.24) is 4.57 Å². The Morgan fingerprint density at radius 1 is 0.385 bits per heavy atom. The Kier molecular flexibility index (Phi) is 9.43. The van der Waals surface area contributed by atoms with Crippen LogP contribution in [-0.4, -0.2) is 25.0 Å². The standard InChI is InChI=1S/C60H41BNO2Si/c63-57-33-15-12-30-52(57)53-38-44(41-18-16-20-45(36-41)62-55-31-13-10-28-50(55)51-29-11-14-32-56(51)62)40-59-60(53)61-54-39-43(34-35-58(54)64-59)42-19-17-27-49(37-42)65(46-21-4-1-5-22-46,47-23-6-2-7-24-47)48-25-8-3-9-26-48/h1-40,63H. The first kappa shape index (κ1) is 38.5. The molecular formula is C60H41BNO2Si. The third kappa shape index (κ3) is 6.51. The molecule has 0 atom stereocenters. The van der Waals surface area contributed by atoms with Crippen LogP contribution in [0.2, 0.25) is 0 Å². The zero-order valence-corrected chi connectivity index (χ0v) is 36.5. The highest BCUT2D eigenvalue weighted by Crippen LogP contribution is 2.39. The number of phenols is 1. The second-order valence-electron chi connectivity index (χ2n) is 16.8. The van der Waals surface area contributed by atoms with Crippen molar-refractivity contribution < 1.29 is 9.84 Å². The molecule has 5 heteroatoms. The number of aromatic nitrogens is 1. The highest BCUT2D eigenvalue weighted by molar-refractivity contribution is 7.19. The molecule has 0 unspecified atom stereocenters. The Labute approximate surface area is 380 Å². The average molecular weight is 847 g/mol. The van der Waals surface area contributed by atoms with E-state index >= 15 is 0 Å². The average Bonchev–Trinajstić information content (AvgIpc) is 3.71. The Morgan fingerprint density at radius 3 is 1.57 bits per heavy atom. The molecule has 10 aromatic carbocycles. The maximum atomic E-state index is 11.4. The number of hydrogen-bond acceptors (Lipinski definition) is 2. The van der Waals surface area contributed by atoms with Gasteiger partial charge in [-0.3, -0.25) is 0 Å². The van der Waals surface area contributed by atoms with Crippen molar-refractivity contribution in [2.24, 2.45) is 0 Å². The van der Waals surface area contributed by atoms with Crippen molar-refractivity contribution >= 4 is 68.8 Å². The van der Waals surface area contributed by atoms with Gasteiger partial charge in [-0.2, -0.15) is 0 Å². The summed E-state index contributed by atoms with van der Waals surface area (Å²) in [4.78, 5) is 0. The molecule has 65 heavy (non-hydrogen) atoms. The van der Waals surface area contributed by atoms with Crippen LogP contribution in [0.1, 0.15) is 0 Å². The number of phenolic OH excluding ortho intramolecular Hbond substituents is 1. The summed E-state index contributed by atoms with van der Waals surface area (Å²) in [5, 5.41) is 19.2. The second-order valence-corrected chi connectivity index (χ2v) is 20.6. The lowest BCUT2D eigenvalue weighted by molar-refractivity contribution is 0.477. The van der Waals surface area contributed by atoms with E-state index in [0.717, 1.165) is 72.5 Å². The zero-order chi connectivity index (χ0) is 43.3. The highest BCUT2D eigenvalue weighted by Gasteiger charge is 2.41. The molecule has 1 aliphatic heterocycles. The summed E-state index contributed by atoms with van der Waals surface area (Å²) in [7, 11) is -0.505. The van der Waals surface area contributed by atoms with Gasteiger partial charge in [0.05, 0.1) is 11.0 Å². The Bertz CT molecular complexity index is 3420. The fourth-order valence-corrected chi connectivity index (χ4v) is 15.0. The zero-order valence-electron chi connectivity index (χ0n) is 35.5. The predicted molar refractivity (Wildman–Crippen MR) is 274 cm³/mol. The fourth-order valence-electron chi connectivity index (χ4n) is 10.2. The normalized spacial score (nSPS) is 12.0. The van der Waals surface area contributed by atoms with Gasteiger partial charge in [0.25, 0.3) is 0 Å². The van der Waals surface area contributed by atoms with E-state index in [9.17, 15) is 5.11 Å². The van der Waals surface area contributed by atoms with Crippen molar-refractivity contribution in [1.29, 1.82) is 0 Å². The van der Waals surface area contributed by atoms with Gasteiger partial charge in [0, 0.05) is 22.0 Å². The van der Waals surface area contributed by atoms with Gasteiger partial charge in [-0.15, -0.1) is 0 Å². The molecular weight excluding hydrogens is 806 g/mol. The van der Waals surface area contributed by atoms with E-state index in [2.05, 4.69) is 230 Å². The quantitative estimate of drug-likeness (QED) is 0.122. The van der Waals surface area contributed by atoms with Crippen LogP contribution in [0.4, 0.5) is 0 Å². The van der Waals surface area contributed by atoms with E-state index in [-0.39, 0.29) is 5.75 Å². The number of rotatable bonds is 8. The summed E-state index contributed by atoms with van der Waals surface area (Å²) >= 11 is 0. The Balaban J connectivity index is 0.963. The molecule has 3 nitrogen and oxygen atoms in total. The molecule has 0 aliphatic carbocycles. The number of para-hydroxylation sites is 3. The van der Waals surface area contributed by atoms with Crippen molar-refractivity contribution in [3.05, 3.63) is 243 Å². The fraction of sp³-hybridized carbons (Fsp3) is 0. The molecule has 0 saturated heterocycles. The van der Waals surface area contributed by atoms with Gasteiger partial charge in [-0.1, -0.05) is 194 Å². The highest BCUT2D eigenvalue weighted by atomic mass is 28.3. The van der Waals surface area contributed by atoms with E-state index in [0.29, 0.717) is 0 Å². The summed E-state index contributed by atoms with van der Waals surface area (Å²) in [6, 6.07) is 86.6. The summed E-state index contributed by atoms with van der Waals surface area (Å²) < 4.78 is 9.24. The molecule has 1 N–H and O–H groups in total. The molecule has 12 rings (SSSR count). The van der Waals surface area contributed by atoms with Gasteiger partial charge in [-0.05, 0) is 108 Å². The van der Waals surface area contributed by atoms with Gasteiger partial charge in [0.1, 0.15) is 17.2 Å². The minimum atomic E-state index is -2.73. The number of ether oxygens (including phenoxy) is 1. The van der Waals surface area contributed by atoms with E-state index in [1.54, 1.807) is 6.07 Å². The lowest BCUT2D eigenvalue weighted by Crippen LogP contribution is -2.74. The molecule has 2 heterocycles. The Morgan fingerprint density at radius 2 is 0.923 bits per heavy atom. The number of fused-ring (bicyclic) bond motifs is 5. The maximum Gasteiger partial charge on any atom is 0.202 e. The molecule has 0 amide bonds. The SMILES string of the molecule is Oc1ccccc1-c1cc(-c2cccc(-n3c4ccccc4c4ccccc43)c2)cc2c1[B]c1cc(-c3cccc([Si](c4ccccc4)(c4ccccc4)c4ccccc4)c3)ccc1O2. The first-order chi connectivity index (χ1) is 32.1. The van der Waals surface area contributed by atoms with Crippen molar-refractivity contribution in [3.63, 3.8) is 0 Å². The molecule has 0 saturated carbocycles. The molecule has 0 spiro atoms. The first-order valence-electron chi connectivity index (χ1n) is 22.1. The van der Waals surface area contributed by atoms with E-state index in [1.807, 2.05) is 18.2 Å². The minimum Gasteiger partial charge on any atom is -0.507 e. The third-order valence-corrected chi connectivity index (χ3v) is 17.9.